The van der Waals surface area contributed by atoms with Crippen LogP contribution in [0.4, 0.5) is 33.9 Å². The number of carbonyl (C=O) groups excluding carboxylic acids is 2. The third-order valence-electron chi connectivity index (χ3n) is 4.85. The Hall–Kier alpha value is -2.82. The lowest BCUT2D eigenvalue weighted by atomic mass is 10.0. The van der Waals surface area contributed by atoms with Crippen LogP contribution in [0.25, 0.3) is 0 Å². The van der Waals surface area contributed by atoms with Gasteiger partial charge in [0.25, 0.3) is 5.91 Å². The molecule has 0 atom stereocenters. The number of nitrogens with zero attached hydrogens (tertiary/aromatic N) is 3. The van der Waals surface area contributed by atoms with Crippen molar-refractivity contribution in [2.75, 3.05) is 10.2 Å². The third kappa shape index (κ3) is 4.98. The molecule has 1 aromatic heterocycles. The average molecular weight is 470 g/mol. The Morgan fingerprint density at radius 2 is 1.78 bits per heavy atom. The number of aromatic nitrogens is 1. The highest BCUT2D eigenvalue weighted by atomic mass is 32.2. The van der Waals surface area contributed by atoms with Crippen LogP contribution in [0.2, 0.25) is 0 Å². The van der Waals surface area contributed by atoms with E-state index in [0.29, 0.717) is 5.82 Å². The van der Waals surface area contributed by atoms with Crippen molar-refractivity contribution in [2.45, 2.75) is 56.2 Å². The summed E-state index contributed by atoms with van der Waals surface area (Å²) in [5, 5.41) is 3.05. The van der Waals surface area contributed by atoms with Crippen LogP contribution in [0.3, 0.4) is 0 Å². The van der Waals surface area contributed by atoms with Gasteiger partial charge in [-0.25, -0.2) is 19.1 Å². The summed E-state index contributed by atoms with van der Waals surface area (Å²) >= 11 is -0.290. The summed E-state index contributed by atoms with van der Waals surface area (Å²) in [5.41, 5.74) is -5.43. The van der Waals surface area contributed by atoms with Crippen molar-refractivity contribution in [1.82, 2.24) is 9.88 Å². The molecule has 0 spiro atoms. The van der Waals surface area contributed by atoms with Crippen LogP contribution in [0, 0.1) is 5.82 Å². The van der Waals surface area contributed by atoms with Crippen molar-refractivity contribution < 1.29 is 27.2 Å². The molecule has 11 heteroatoms. The molecule has 0 unspecified atom stereocenters. The SMILES string of the molecule is CC(C)Nc1cc(CN2C(=O)N(c3ccc(SC(F)(F)F)cc3)C(=O)C2(C)C)c(F)cn1. The minimum absolute atomic E-state index is 0.0567. The topological polar surface area (TPSA) is 65.5 Å². The van der Waals surface area contributed by atoms with E-state index in [-0.39, 0.29) is 40.5 Å². The highest BCUT2D eigenvalue weighted by Gasteiger charge is 2.52. The number of nitrogens with one attached hydrogen (secondary N) is 1. The Balaban J connectivity index is 1.87. The van der Waals surface area contributed by atoms with Crippen molar-refractivity contribution in [1.29, 1.82) is 0 Å². The first kappa shape index (κ1) is 23.8. The van der Waals surface area contributed by atoms with Crippen LogP contribution < -0.4 is 10.2 Å². The molecule has 172 valence electrons. The molecule has 1 saturated heterocycles. The lowest BCUT2D eigenvalue weighted by Crippen LogP contribution is -2.43. The van der Waals surface area contributed by atoms with Crippen molar-refractivity contribution in [2.24, 2.45) is 0 Å². The zero-order chi connectivity index (χ0) is 23.8. The summed E-state index contributed by atoms with van der Waals surface area (Å²) in [7, 11) is 0. The highest BCUT2D eigenvalue weighted by molar-refractivity contribution is 8.00. The normalized spacial score (nSPS) is 16.3. The molecular formula is C21H22F4N4O2S. The van der Waals surface area contributed by atoms with E-state index in [4.69, 9.17) is 0 Å². The summed E-state index contributed by atoms with van der Waals surface area (Å²) in [6.45, 7) is 6.68. The number of hydrogen-bond acceptors (Lipinski definition) is 5. The number of rotatable bonds is 6. The van der Waals surface area contributed by atoms with Crippen molar-refractivity contribution >= 4 is 35.2 Å². The van der Waals surface area contributed by atoms with E-state index in [0.717, 1.165) is 11.1 Å². The maximum atomic E-state index is 14.4. The van der Waals surface area contributed by atoms with Gasteiger partial charge in [-0.1, -0.05) is 0 Å². The first-order valence-electron chi connectivity index (χ1n) is 9.72. The monoisotopic (exact) mass is 470 g/mol. The first-order valence-corrected chi connectivity index (χ1v) is 10.5. The molecular weight excluding hydrogens is 448 g/mol. The minimum Gasteiger partial charge on any atom is -0.368 e. The predicted octanol–water partition coefficient (Wildman–Crippen LogP) is 5.40. The zero-order valence-electron chi connectivity index (χ0n) is 17.8. The first-order chi connectivity index (χ1) is 14.8. The Bertz CT molecular complexity index is 1030. The number of imide groups is 1. The largest absolute Gasteiger partial charge is 0.446 e. The molecule has 2 aromatic rings. The molecule has 0 aliphatic carbocycles. The van der Waals surface area contributed by atoms with Gasteiger partial charge in [-0.05, 0) is 69.8 Å². The summed E-state index contributed by atoms with van der Waals surface area (Å²) in [6.07, 6.45) is 1.05. The number of anilines is 2. The van der Waals surface area contributed by atoms with Crippen molar-refractivity contribution in [3.63, 3.8) is 0 Å². The molecule has 3 rings (SSSR count). The third-order valence-corrected chi connectivity index (χ3v) is 5.59. The standard InChI is InChI=1S/C21H22F4N4O2S/c1-12(2)27-17-9-13(16(22)10-26-17)11-28-19(31)29(18(30)20(28,3)4)14-5-7-15(8-6-14)32-21(23,24)25/h5-10,12H,11H2,1-4H3,(H,26,27). The number of amides is 3. The second-order valence-electron chi connectivity index (χ2n) is 8.07. The predicted molar refractivity (Wildman–Crippen MR) is 114 cm³/mol. The van der Waals surface area contributed by atoms with Gasteiger partial charge in [0.1, 0.15) is 17.2 Å². The van der Waals surface area contributed by atoms with Crippen LogP contribution in [-0.2, 0) is 11.3 Å². The fourth-order valence-corrected chi connectivity index (χ4v) is 3.81. The summed E-state index contributed by atoms with van der Waals surface area (Å²) in [4.78, 5) is 32.2. The molecule has 1 aliphatic heterocycles. The maximum Gasteiger partial charge on any atom is 0.446 e. The van der Waals surface area contributed by atoms with Crippen LogP contribution in [0.1, 0.15) is 33.3 Å². The lowest BCUT2D eigenvalue weighted by Gasteiger charge is -2.28. The van der Waals surface area contributed by atoms with Crippen LogP contribution in [-0.4, -0.2) is 38.9 Å². The van der Waals surface area contributed by atoms with E-state index in [2.05, 4.69) is 10.3 Å². The molecule has 3 amide bonds. The van der Waals surface area contributed by atoms with Gasteiger partial charge in [0.2, 0.25) is 0 Å². The number of hydrogen-bond donors (Lipinski definition) is 1. The van der Waals surface area contributed by atoms with Gasteiger partial charge in [0.15, 0.2) is 0 Å². The molecule has 1 aliphatic rings. The summed E-state index contributed by atoms with van der Waals surface area (Å²) in [6, 6.07) is 5.79. The van der Waals surface area contributed by atoms with E-state index in [1.165, 1.54) is 49.1 Å². The highest BCUT2D eigenvalue weighted by Crippen LogP contribution is 2.39. The molecule has 2 heterocycles. The van der Waals surface area contributed by atoms with E-state index in [1.807, 2.05) is 13.8 Å². The Morgan fingerprint density at radius 1 is 1.16 bits per heavy atom. The Morgan fingerprint density at radius 3 is 2.34 bits per heavy atom. The van der Waals surface area contributed by atoms with Gasteiger partial charge >= 0.3 is 11.5 Å². The van der Waals surface area contributed by atoms with Crippen LogP contribution in [0.15, 0.2) is 41.4 Å². The Kier molecular flexibility index (Phi) is 6.41. The van der Waals surface area contributed by atoms with Crippen molar-refractivity contribution in [3.8, 4) is 0 Å². The lowest BCUT2D eigenvalue weighted by molar-refractivity contribution is -0.123. The number of urea groups is 1. The molecule has 1 fully saturated rings. The van der Waals surface area contributed by atoms with E-state index in [1.54, 1.807) is 0 Å². The van der Waals surface area contributed by atoms with Crippen LogP contribution in [0.5, 0.6) is 0 Å². The smallest absolute Gasteiger partial charge is 0.368 e. The number of benzene rings is 1. The number of carbonyl (C=O) groups is 2. The average Bonchev–Trinajstić information content (AvgIpc) is 2.83. The number of thioether (sulfide) groups is 1. The zero-order valence-corrected chi connectivity index (χ0v) is 18.6. The van der Waals surface area contributed by atoms with E-state index >= 15 is 0 Å². The number of alkyl halides is 3. The maximum absolute atomic E-state index is 14.4. The van der Waals surface area contributed by atoms with E-state index in [9.17, 15) is 27.2 Å². The summed E-state index contributed by atoms with van der Waals surface area (Å²) < 4.78 is 52.1. The van der Waals surface area contributed by atoms with E-state index < -0.39 is 28.8 Å². The molecule has 32 heavy (non-hydrogen) atoms. The molecule has 0 bridgehead atoms. The van der Waals surface area contributed by atoms with Crippen LogP contribution >= 0.6 is 11.8 Å². The van der Waals surface area contributed by atoms with Gasteiger partial charge in [0.05, 0.1) is 18.4 Å². The fourth-order valence-electron chi connectivity index (χ4n) is 3.27. The molecule has 1 aromatic carbocycles. The summed E-state index contributed by atoms with van der Waals surface area (Å²) in [5.74, 6) is -0.752. The number of halogens is 4. The van der Waals surface area contributed by atoms with Gasteiger partial charge in [-0.2, -0.15) is 13.2 Å². The Labute approximate surface area is 187 Å². The number of pyridine rings is 1. The molecule has 1 N–H and O–H groups in total. The van der Waals surface area contributed by atoms with Gasteiger partial charge < -0.3 is 10.2 Å². The van der Waals surface area contributed by atoms with Crippen molar-refractivity contribution in [3.05, 3.63) is 47.9 Å². The minimum atomic E-state index is -4.45. The van der Waals surface area contributed by atoms with Gasteiger partial charge in [-0.15, -0.1) is 0 Å². The molecule has 0 saturated carbocycles. The quantitative estimate of drug-likeness (QED) is 0.348. The second kappa shape index (κ2) is 8.61. The molecule has 0 radical (unpaired) electrons. The fraction of sp³-hybridized carbons (Fsp3) is 0.381. The molecule has 6 nitrogen and oxygen atoms in total. The van der Waals surface area contributed by atoms with Gasteiger partial charge in [-0.3, -0.25) is 4.79 Å². The second-order valence-corrected chi connectivity index (χ2v) is 9.21. The van der Waals surface area contributed by atoms with Gasteiger partial charge in [0, 0.05) is 16.5 Å².